The van der Waals surface area contributed by atoms with Crippen LogP contribution in [0.5, 0.6) is 0 Å². The Hall–Kier alpha value is -0.570. The van der Waals surface area contributed by atoms with Crippen molar-refractivity contribution in [3.05, 3.63) is 0 Å². The van der Waals surface area contributed by atoms with Crippen LogP contribution in [0.15, 0.2) is 0 Å². The number of hydrogen-bond donors (Lipinski definition) is 2. The van der Waals surface area contributed by atoms with E-state index in [4.69, 9.17) is 0 Å². The predicted molar refractivity (Wildman–Crippen MR) is 74.6 cm³/mol. The molecule has 18 heavy (non-hydrogen) atoms. The smallest absolute Gasteiger partial charge is 0.310 e. The van der Waals surface area contributed by atoms with E-state index in [9.17, 15) is 9.90 Å². The highest BCUT2D eigenvalue weighted by Crippen LogP contribution is 2.29. The molecule has 0 aromatic carbocycles. The van der Waals surface area contributed by atoms with Crippen LogP contribution in [0.4, 0.5) is 0 Å². The molecule has 1 aliphatic rings. The molecule has 2 atom stereocenters. The zero-order chi connectivity index (χ0) is 13.6. The van der Waals surface area contributed by atoms with Gasteiger partial charge in [-0.2, -0.15) is 0 Å². The largest absolute Gasteiger partial charge is 0.481 e. The van der Waals surface area contributed by atoms with Crippen molar-refractivity contribution in [2.45, 2.75) is 59.3 Å². The Bertz CT molecular complexity index is 261. The molecule has 3 heteroatoms. The maximum atomic E-state index is 11.4. The Balaban J connectivity index is 2.37. The standard InChI is InChI=1S/C15H29NO2/c1-4-15(5-2,14(17)18)11-16-10-13-8-6-7-12(3)9-13/h12-13,16H,4-11H2,1-3H3,(H,17,18). The van der Waals surface area contributed by atoms with Gasteiger partial charge >= 0.3 is 5.97 Å². The van der Waals surface area contributed by atoms with Crippen LogP contribution in [0.2, 0.25) is 0 Å². The van der Waals surface area contributed by atoms with Gasteiger partial charge in [-0.3, -0.25) is 4.79 Å². The summed E-state index contributed by atoms with van der Waals surface area (Å²) in [6, 6.07) is 0. The van der Waals surface area contributed by atoms with Gasteiger partial charge in [0, 0.05) is 6.54 Å². The van der Waals surface area contributed by atoms with Crippen LogP contribution in [0.25, 0.3) is 0 Å². The fourth-order valence-electron chi connectivity index (χ4n) is 3.14. The molecule has 3 nitrogen and oxygen atoms in total. The Morgan fingerprint density at radius 2 is 2.00 bits per heavy atom. The normalized spacial score (nSPS) is 25.1. The lowest BCUT2D eigenvalue weighted by molar-refractivity contribution is -0.149. The molecule has 1 aliphatic carbocycles. The maximum Gasteiger partial charge on any atom is 0.310 e. The highest BCUT2D eigenvalue weighted by Gasteiger charge is 2.34. The van der Waals surface area contributed by atoms with E-state index in [1.165, 1.54) is 25.7 Å². The fourth-order valence-corrected chi connectivity index (χ4v) is 3.14. The molecule has 0 aliphatic heterocycles. The Morgan fingerprint density at radius 1 is 1.33 bits per heavy atom. The second-order valence-corrected chi connectivity index (χ2v) is 6.06. The summed E-state index contributed by atoms with van der Waals surface area (Å²) in [6.45, 7) is 7.87. The van der Waals surface area contributed by atoms with Crippen LogP contribution >= 0.6 is 0 Å². The van der Waals surface area contributed by atoms with Gasteiger partial charge in [-0.1, -0.05) is 33.6 Å². The van der Waals surface area contributed by atoms with Crippen LogP contribution in [-0.2, 0) is 4.79 Å². The van der Waals surface area contributed by atoms with Gasteiger partial charge in [0.25, 0.3) is 0 Å². The van der Waals surface area contributed by atoms with Gasteiger partial charge in [0.15, 0.2) is 0 Å². The lowest BCUT2D eigenvalue weighted by atomic mass is 9.80. The van der Waals surface area contributed by atoms with E-state index >= 15 is 0 Å². The molecule has 1 rings (SSSR count). The fraction of sp³-hybridized carbons (Fsp3) is 0.933. The first-order chi connectivity index (χ1) is 8.54. The molecule has 0 heterocycles. The third-order valence-corrected chi connectivity index (χ3v) is 4.75. The SMILES string of the molecule is CCC(CC)(CNCC1CCCC(C)C1)C(=O)O. The second kappa shape index (κ2) is 7.13. The number of nitrogens with one attached hydrogen (secondary N) is 1. The van der Waals surface area contributed by atoms with Gasteiger partial charge in [-0.25, -0.2) is 0 Å². The minimum atomic E-state index is -0.656. The van der Waals surface area contributed by atoms with Crippen molar-refractivity contribution in [2.24, 2.45) is 17.3 Å². The van der Waals surface area contributed by atoms with Gasteiger partial charge in [-0.15, -0.1) is 0 Å². The Labute approximate surface area is 111 Å². The molecular formula is C15H29NO2. The Morgan fingerprint density at radius 3 is 2.50 bits per heavy atom. The van der Waals surface area contributed by atoms with Crippen LogP contribution in [0.1, 0.15) is 59.3 Å². The van der Waals surface area contributed by atoms with Crippen molar-refractivity contribution >= 4 is 5.97 Å². The summed E-state index contributed by atoms with van der Waals surface area (Å²) in [5, 5.41) is 12.8. The molecule has 0 aromatic heterocycles. The number of carbonyl (C=O) groups is 1. The van der Waals surface area contributed by atoms with E-state index in [1.807, 2.05) is 13.8 Å². The summed E-state index contributed by atoms with van der Waals surface area (Å²) >= 11 is 0. The first-order valence-corrected chi connectivity index (χ1v) is 7.48. The zero-order valence-corrected chi connectivity index (χ0v) is 12.2. The quantitative estimate of drug-likeness (QED) is 0.734. The highest BCUT2D eigenvalue weighted by atomic mass is 16.4. The van der Waals surface area contributed by atoms with Crippen molar-refractivity contribution < 1.29 is 9.90 Å². The molecule has 106 valence electrons. The van der Waals surface area contributed by atoms with Gasteiger partial charge in [0.1, 0.15) is 0 Å². The summed E-state index contributed by atoms with van der Waals surface area (Å²) in [5.41, 5.74) is -0.569. The van der Waals surface area contributed by atoms with Gasteiger partial charge < -0.3 is 10.4 Å². The molecular weight excluding hydrogens is 226 g/mol. The summed E-state index contributed by atoms with van der Waals surface area (Å²) in [6.07, 6.45) is 6.69. The van der Waals surface area contributed by atoms with Crippen molar-refractivity contribution in [1.29, 1.82) is 0 Å². The van der Waals surface area contributed by atoms with Crippen molar-refractivity contribution in [3.63, 3.8) is 0 Å². The average Bonchev–Trinajstić information content (AvgIpc) is 2.35. The topological polar surface area (TPSA) is 49.3 Å². The van der Waals surface area contributed by atoms with Gasteiger partial charge in [-0.05, 0) is 44.1 Å². The van der Waals surface area contributed by atoms with E-state index in [2.05, 4.69) is 12.2 Å². The minimum Gasteiger partial charge on any atom is -0.481 e. The molecule has 1 fully saturated rings. The third kappa shape index (κ3) is 3.98. The van der Waals surface area contributed by atoms with E-state index in [-0.39, 0.29) is 0 Å². The monoisotopic (exact) mass is 255 g/mol. The summed E-state index contributed by atoms with van der Waals surface area (Å²) in [5.74, 6) is 0.929. The number of rotatable bonds is 7. The molecule has 0 saturated heterocycles. The first kappa shape index (κ1) is 15.5. The average molecular weight is 255 g/mol. The first-order valence-electron chi connectivity index (χ1n) is 7.48. The summed E-state index contributed by atoms with van der Waals surface area (Å²) < 4.78 is 0. The zero-order valence-electron chi connectivity index (χ0n) is 12.2. The predicted octanol–water partition coefficient (Wildman–Crippen LogP) is 3.29. The Kier molecular flexibility index (Phi) is 6.13. The molecule has 0 aromatic rings. The molecule has 0 amide bonds. The summed E-state index contributed by atoms with van der Waals surface area (Å²) in [4.78, 5) is 11.4. The number of aliphatic carboxylic acids is 1. The van der Waals surface area contributed by atoms with Crippen LogP contribution in [0, 0.1) is 17.3 Å². The molecule has 0 spiro atoms. The van der Waals surface area contributed by atoms with Gasteiger partial charge in [0.05, 0.1) is 5.41 Å². The van der Waals surface area contributed by atoms with Gasteiger partial charge in [0.2, 0.25) is 0 Å². The maximum absolute atomic E-state index is 11.4. The van der Waals surface area contributed by atoms with E-state index < -0.39 is 11.4 Å². The second-order valence-electron chi connectivity index (χ2n) is 6.06. The highest BCUT2D eigenvalue weighted by molar-refractivity contribution is 5.74. The third-order valence-electron chi connectivity index (χ3n) is 4.75. The van der Waals surface area contributed by atoms with Crippen molar-refractivity contribution in [3.8, 4) is 0 Å². The van der Waals surface area contributed by atoms with Crippen molar-refractivity contribution in [1.82, 2.24) is 5.32 Å². The lowest BCUT2D eigenvalue weighted by Crippen LogP contribution is -2.42. The molecule has 0 radical (unpaired) electrons. The van der Waals surface area contributed by atoms with Crippen LogP contribution < -0.4 is 5.32 Å². The number of hydrogen-bond acceptors (Lipinski definition) is 2. The number of carboxylic acid groups (broad SMARTS) is 1. The minimum absolute atomic E-state index is 0.569. The molecule has 1 saturated carbocycles. The van der Waals surface area contributed by atoms with E-state index in [0.29, 0.717) is 19.4 Å². The molecule has 2 unspecified atom stereocenters. The van der Waals surface area contributed by atoms with E-state index in [1.54, 1.807) is 0 Å². The van der Waals surface area contributed by atoms with Crippen LogP contribution in [-0.4, -0.2) is 24.2 Å². The van der Waals surface area contributed by atoms with Crippen molar-refractivity contribution in [2.75, 3.05) is 13.1 Å². The number of carboxylic acids is 1. The molecule has 2 N–H and O–H groups in total. The van der Waals surface area contributed by atoms with E-state index in [0.717, 1.165) is 18.4 Å². The van der Waals surface area contributed by atoms with Crippen LogP contribution in [0.3, 0.4) is 0 Å². The summed E-state index contributed by atoms with van der Waals surface area (Å²) in [7, 11) is 0. The lowest BCUT2D eigenvalue weighted by Gasteiger charge is -2.30. The molecule has 0 bridgehead atoms.